The van der Waals surface area contributed by atoms with Crippen molar-refractivity contribution < 1.29 is 106 Å². The molecule has 0 aromatic heterocycles. The van der Waals surface area contributed by atoms with Gasteiger partial charge in [-0.3, -0.25) is 4.79 Å². The molecule has 1 aliphatic heterocycles. The number of alkyl halides is 18. The van der Waals surface area contributed by atoms with Gasteiger partial charge in [0.25, 0.3) is 20.0 Å². The Labute approximate surface area is 213 Å². The minimum Gasteiger partial charge on any atom is -0.480 e. The van der Waals surface area contributed by atoms with Crippen molar-refractivity contribution in [3.8, 4) is 0 Å². The quantitative estimate of drug-likeness (QED) is 0.370. The van der Waals surface area contributed by atoms with E-state index in [2.05, 4.69) is 0 Å². The van der Waals surface area contributed by atoms with Crippen LogP contribution < -0.4 is 0 Å². The van der Waals surface area contributed by atoms with Crippen LogP contribution in [0.5, 0.6) is 0 Å². The van der Waals surface area contributed by atoms with E-state index in [0.717, 1.165) is 0 Å². The summed E-state index contributed by atoms with van der Waals surface area (Å²) in [4.78, 5) is 11.3. The SMILES string of the molecule is O=C(O)C1CN(S(=O)(=O)C(F)(F)C(F)(F)C(F)(F)C(F)(F)F)CCN1S(=O)(=O)C(F)(F)C(F)(F)C(F)(F)C(F)(F)F. The van der Waals surface area contributed by atoms with Crippen molar-refractivity contribution in [2.24, 2.45) is 0 Å². The molecule has 1 fully saturated rings. The van der Waals surface area contributed by atoms with Crippen LogP contribution in [0.1, 0.15) is 0 Å². The summed E-state index contributed by atoms with van der Waals surface area (Å²) in [6, 6.07) is -3.86. The summed E-state index contributed by atoms with van der Waals surface area (Å²) in [6.07, 6.45) is -15.2. The van der Waals surface area contributed by atoms with Crippen LogP contribution in [0.2, 0.25) is 0 Å². The molecule has 0 radical (unpaired) electrons. The Balaban J connectivity index is 3.65. The molecule has 0 saturated carbocycles. The molecule has 1 N–H and O–H groups in total. The molecule has 1 unspecified atom stereocenters. The monoisotopic (exact) mass is 694 g/mol. The number of carbonyl (C=O) groups is 1. The molecule has 1 atom stereocenters. The van der Waals surface area contributed by atoms with Crippen LogP contribution in [0.15, 0.2) is 0 Å². The number of piperazine rings is 1. The van der Waals surface area contributed by atoms with Crippen LogP contribution in [0.3, 0.4) is 0 Å². The summed E-state index contributed by atoms with van der Waals surface area (Å²) in [5.74, 6) is -34.8. The van der Waals surface area contributed by atoms with Gasteiger partial charge in [-0.15, -0.1) is 0 Å². The van der Waals surface area contributed by atoms with Crippen molar-refractivity contribution in [2.45, 2.75) is 52.6 Å². The van der Waals surface area contributed by atoms with Gasteiger partial charge in [-0.2, -0.15) is 87.6 Å². The molecule has 1 aliphatic rings. The number of aliphatic carboxylic acids is 1. The first-order chi connectivity index (χ1) is 17.5. The lowest BCUT2D eigenvalue weighted by Crippen LogP contribution is -2.70. The van der Waals surface area contributed by atoms with Crippen LogP contribution in [0, 0.1) is 0 Å². The van der Waals surface area contributed by atoms with E-state index in [1.807, 2.05) is 0 Å². The van der Waals surface area contributed by atoms with Crippen molar-refractivity contribution in [1.29, 1.82) is 0 Å². The molecular formula is C13H8F18N2O6S2. The number of sulfonamides is 2. The molecular weight excluding hydrogens is 686 g/mol. The molecule has 0 aromatic rings. The van der Waals surface area contributed by atoms with Gasteiger partial charge in [-0.05, 0) is 0 Å². The molecule has 0 amide bonds. The second kappa shape index (κ2) is 9.78. The first kappa shape index (κ1) is 37.1. The molecule has 0 bridgehead atoms. The first-order valence-corrected chi connectivity index (χ1v) is 12.1. The van der Waals surface area contributed by atoms with E-state index >= 15 is 0 Å². The smallest absolute Gasteiger partial charge is 0.460 e. The highest BCUT2D eigenvalue weighted by molar-refractivity contribution is 7.90. The molecule has 244 valence electrons. The molecule has 28 heteroatoms. The highest BCUT2D eigenvalue weighted by atomic mass is 32.2. The Morgan fingerprint density at radius 1 is 0.561 bits per heavy atom. The Hall–Kier alpha value is -1.97. The topological polar surface area (TPSA) is 112 Å². The largest absolute Gasteiger partial charge is 0.480 e. The van der Waals surface area contributed by atoms with E-state index in [0.29, 0.717) is 0 Å². The first-order valence-electron chi connectivity index (χ1n) is 9.17. The number of halogens is 18. The number of hydrogen-bond acceptors (Lipinski definition) is 5. The highest BCUT2D eigenvalue weighted by Gasteiger charge is 2.87. The van der Waals surface area contributed by atoms with Gasteiger partial charge in [0.05, 0.1) is 0 Å². The second-order valence-electron chi connectivity index (χ2n) is 7.66. The normalized spacial score (nSPS) is 20.8. The number of carboxylic acid groups (broad SMARTS) is 1. The third-order valence-corrected chi connectivity index (χ3v) is 8.98. The van der Waals surface area contributed by atoms with Crippen molar-refractivity contribution in [1.82, 2.24) is 8.61 Å². The standard InChI is InChI=1S/C13H8F18N2O6S2/c14-6(15,10(22,23)24)8(18,19)12(28,29)40(36,37)32-1-2-33(4(3-32)5(34)35)41(38,39)13(30,31)9(20,21)7(16,17)11(25,26)27/h4H,1-3H2,(H,34,35). The Morgan fingerprint density at radius 3 is 1.17 bits per heavy atom. The third-order valence-electron chi connectivity index (χ3n) is 5.11. The van der Waals surface area contributed by atoms with Crippen molar-refractivity contribution in [2.75, 3.05) is 19.6 Å². The lowest BCUT2D eigenvalue weighted by molar-refractivity contribution is -0.382. The van der Waals surface area contributed by atoms with Crippen LogP contribution >= 0.6 is 0 Å². The molecule has 41 heavy (non-hydrogen) atoms. The van der Waals surface area contributed by atoms with Gasteiger partial charge >= 0.3 is 52.5 Å². The van der Waals surface area contributed by atoms with Crippen molar-refractivity contribution >= 4 is 26.0 Å². The van der Waals surface area contributed by atoms with Gasteiger partial charge in [0, 0.05) is 19.6 Å². The molecule has 1 saturated heterocycles. The van der Waals surface area contributed by atoms with Gasteiger partial charge in [0.1, 0.15) is 6.04 Å². The van der Waals surface area contributed by atoms with Gasteiger partial charge < -0.3 is 5.11 Å². The Bertz CT molecular complexity index is 1240. The fraction of sp³-hybridized carbons (Fsp3) is 0.923. The van der Waals surface area contributed by atoms with Gasteiger partial charge in [0.15, 0.2) is 0 Å². The average Bonchev–Trinajstić information content (AvgIpc) is 2.76. The summed E-state index contributed by atoms with van der Waals surface area (Å²) in [5.41, 5.74) is 0. The second-order valence-corrected chi connectivity index (χ2v) is 11.6. The lowest BCUT2D eigenvalue weighted by atomic mass is 10.1. The maximum absolute atomic E-state index is 14.1. The maximum Gasteiger partial charge on any atom is 0.460 e. The third kappa shape index (κ3) is 5.03. The lowest BCUT2D eigenvalue weighted by Gasteiger charge is -2.42. The zero-order valence-electron chi connectivity index (χ0n) is 18.2. The fourth-order valence-electron chi connectivity index (χ4n) is 2.80. The minimum absolute atomic E-state index is 1.49. The fourth-order valence-corrected chi connectivity index (χ4v) is 5.80. The van der Waals surface area contributed by atoms with Crippen LogP contribution in [-0.4, -0.2) is 109 Å². The molecule has 8 nitrogen and oxygen atoms in total. The predicted molar refractivity (Wildman–Crippen MR) is 89.3 cm³/mol. The molecule has 0 aromatic carbocycles. The van der Waals surface area contributed by atoms with Crippen LogP contribution in [0.4, 0.5) is 79.0 Å². The Kier molecular flexibility index (Phi) is 8.84. The zero-order chi connectivity index (χ0) is 33.4. The summed E-state index contributed by atoms with van der Waals surface area (Å²) >= 11 is 0. The molecule has 1 rings (SSSR count). The summed E-state index contributed by atoms with van der Waals surface area (Å²) in [7, 11) is -15.6. The van der Waals surface area contributed by atoms with Crippen molar-refractivity contribution in [3.63, 3.8) is 0 Å². The summed E-state index contributed by atoms with van der Waals surface area (Å²) < 4.78 is 281. The van der Waals surface area contributed by atoms with E-state index in [1.54, 1.807) is 0 Å². The number of carboxylic acids is 1. The minimum atomic E-state index is -7.98. The van der Waals surface area contributed by atoms with E-state index in [4.69, 9.17) is 5.11 Å². The summed E-state index contributed by atoms with van der Waals surface area (Å²) in [5, 5.41) is -6.31. The average molecular weight is 694 g/mol. The highest BCUT2D eigenvalue weighted by Crippen LogP contribution is 2.57. The Morgan fingerprint density at radius 2 is 0.878 bits per heavy atom. The van der Waals surface area contributed by atoms with Crippen LogP contribution in [0.25, 0.3) is 0 Å². The van der Waals surface area contributed by atoms with Crippen LogP contribution in [-0.2, 0) is 24.8 Å². The number of rotatable bonds is 9. The maximum atomic E-state index is 14.1. The van der Waals surface area contributed by atoms with Gasteiger partial charge in [-0.25, -0.2) is 16.8 Å². The van der Waals surface area contributed by atoms with E-state index in [-0.39, 0.29) is 0 Å². The van der Waals surface area contributed by atoms with E-state index < -0.39 is 107 Å². The van der Waals surface area contributed by atoms with E-state index in [9.17, 15) is 101 Å². The summed E-state index contributed by atoms with van der Waals surface area (Å²) in [6.45, 7) is -7.76. The predicted octanol–water partition coefficient (Wildman–Crippen LogP) is 3.57. The number of hydrogen-bond donors (Lipinski definition) is 1. The molecule has 0 spiro atoms. The van der Waals surface area contributed by atoms with E-state index in [1.165, 1.54) is 0 Å². The zero-order valence-corrected chi connectivity index (χ0v) is 19.8. The van der Waals surface area contributed by atoms with Gasteiger partial charge in [0.2, 0.25) is 0 Å². The van der Waals surface area contributed by atoms with Crippen molar-refractivity contribution in [3.05, 3.63) is 0 Å². The molecule has 1 heterocycles. The number of nitrogens with zero attached hydrogens (tertiary/aromatic N) is 2. The molecule has 0 aliphatic carbocycles. The van der Waals surface area contributed by atoms with Gasteiger partial charge in [-0.1, -0.05) is 0 Å².